The van der Waals surface area contributed by atoms with Crippen molar-refractivity contribution in [3.05, 3.63) is 0 Å². The number of ether oxygens (including phenoxy) is 1. The van der Waals surface area contributed by atoms with Crippen LogP contribution in [-0.2, 0) is 17.4 Å². The normalized spacial score (nSPS) is 46.0. The molecule has 3 fully saturated rings. The largest absolute Gasteiger partial charge is 1.00 e. The number of hydrogen-bond donors (Lipinski definition) is 0. The van der Waals surface area contributed by atoms with Crippen molar-refractivity contribution in [2.75, 3.05) is 0 Å². The van der Waals surface area contributed by atoms with Gasteiger partial charge in [-0.2, -0.15) is 0 Å². The van der Waals surface area contributed by atoms with Gasteiger partial charge in [-0.1, -0.05) is 6.42 Å². The maximum atomic E-state index is 5.60. The molecular weight excluding hydrogens is 251 g/mol. The van der Waals surface area contributed by atoms with Crippen molar-refractivity contribution in [1.29, 1.82) is 0 Å². The average molecular weight is 266 g/mol. The second-order valence-corrected chi connectivity index (χ2v) is 6.06. The quantitative estimate of drug-likeness (QED) is 0.365. The van der Waals surface area contributed by atoms with Gasteiger partial charge in [0.2, 0.25) is 0 Å². The van der Waals surface area contributed by atoms with Gasteiger partial charge in [-0.05, 0) is 49.4 Å². The Hall–Kier alpha value is 1.75. The van der Waals surface area contributed by atoms with Crippen molar-refractivity contribution in [1.82, 2.24) is 0 Å². The van der Waals surface area contributed by atoms with Crippen molar-refractivity contribution in [3.8, 4) is 0 Å². The number of fused-ring (bicyclic) bond motifs is 5. The predicted octanol–water partition coefficient (Wildman–Crippen LogP) is -0.336. The van der Waals surface area contributed by atoms with Crippen molar-refractivity contribution in [2.24, 2.45) is 23.7 Å². The van der Waals surface area contributed by atoms with Crippen LogP contribution in [0.2, 0.25) is 0 Å². The minimum atomic E-state index is 0. The molecule has 0 radical (unpaired) electrons. The fourth-order valence-corrected chi connectivity index (χ4v) is 4.51. The Labute approximate surface area is 145 Å². The molecule has 0 aromatic rings. The Bertz CT molecular complexity index is 271. The van der Waals surface area contributed by atoms with E-state index in [1.165, 1.54) is 32.1 Å². The molecule has 0 saturated heterocycles. The van der Waals surface area contributed by atoms with Gasteiger partial charge in [-0.3, -0.25) is 0 Å². The first-order valence-electron chi connectivity index (χ1n) is 5.63. The molecule has 3 aliphatic carbocycles. The van der Waals surface area contributed by atoms with Crippen LogP contribution in [0.1, 0.15) is 32.1 Å². The van der Waals surface area contributed by atoms with Gasteiger partial charge in [0, 0.05) is 4.38 Å². The Morgan fingerprint density at radius 3 is 2.60 bits per heavy atom. The van der Waals surface area contributed by atoms with Crippen LogP contribution < -0.4 is 51.4 Å². The molecule has 5 atom stereocenters. The zero-order valence-corrected chi connectivity index (χ0v) is 13.9. The molecule has 0 aliphatic heterocycles. The summed E-state index contributed by atoms with van der Waals surface area (Å²) in [5, 5.41) is 0. The van der Waals surface area contributed by atoms with Gasteiger partial charge in [0.25, 0.3) is 0 Å². The van der Waals surface area contributed by atoms with E-state index in [9.17, 15) is 0 Å². The Morgan fingerprint density at radius 2 is 1.87 bits per heavy atom. The molecular formula is C11H15KOS2. The van der Waals surface area contributed by atoms with Crippen LogP contribution in [0.15, 0.2) is 0 Å². The van der Waals surface area contributed by atoms with E-state index in [-0.39, 0.29) is 51.4 Å². The van der Waals surface area contributed by atoms with E-state index in [4.69, 9.17) is 29.6 Å². The monoisotopic (exact) mass is 266 g/mol. The second-order valence-electron chi connectivity index (χ2n) is 5.06. The summed E-state index contributed by atoms with van der Waals surface area (Å²) in [5.74, 6) is 3.69. The van der Waals surface area contributed by atoms with Gasteiger partial charge >= 0.3 is 51.4 Å². The van der Waals surface area contributed by atoms with E-state index in [1.54, 1.807) is 0 Å². The zero-order valence-electron chi connectivity index (χ0n) is 9.15. The molecule has 0 N–H and O–H groups in total. The minimum Gasteiger partial charge on any atom is -0.510 e. The van der Waals surface area contributed by atoms with Crippen molar-refractivity contribution >= 4 is 29.2 Å². The summed E-state index contributed by atoms with van der Waals surface area (Å²) < 4.78 is 5.93. The molecule has 0 aromatic carbocycles. The minimum absolute atomic E-state index is 0. The molecule has 78 valence electrons. The number of rotatable bonds is 1. The molecule has 0 amide bonds. The maximum absolute atomic E-state index is 5.60. The third kappa shape index (κ3) is 2.33. The molecule has 0 aromatic heterocycles. The molecule has 0 unspecified atom stereocenters. The Kier molecular flexibility index (Phi) is 4.54. The van der Waals surface area contributed by atoms with E-state index in [0.29, 0.717) is 10.5 Å². The molecule has 3 aliphatic rings. The van der Waals surface area contributed by atoms with Gasteiger partial charge in [0.05, 0.1) is 6.10 Å². The maximum Gasteiger partial charge on any atom is 1.00 e. The summed E-state index contributed by atoms with van der Waals surface area (Å²) in [4.78, 5) is 0. The summed E-state index contributed by atoms with van der Waals surface area (Å²) in [7, 11) is 0. The number of thiocarbonyl (C=S) groups is 1. The van der Waals surface area contributed by atoms with Crippen LogP contribution in [-0.4, -0.2) is 10.5 Å². The molecule has 15 heavy (non-hydrogen) atoms. The first-order chi connectivity index (χ1) is 6.75. The molecule has 4 heteroatoms. The third-order valence-electron chi connectivity index (χ3n) is 4.62. The summed E-state index contributed by atoms with van der Waals surface area (Å²) in [6, 6.07) is 0. The summed E-state index contributed by atoms with van der Waals surface area (Å²) in [6.07, 6.45) is 7.32. The predicted molar refractivity (Wildman–Crippen MR) is 61.9 cm³/mol. The van der Waals surface area contributed by atoms with Crippen molar-refractivity contribution < 1.29 is 56.1 Å². The first-order valence-corrected chi connectivity index (χ1v) is 6.45. The molecule has 0 spiro atoms. The van der Waals surface area contributed by atoms with Gasteiger partial charge in [-0.25, -0.2) is 0 Å². The summed E-state index contributed by atoms with van der Waals surface area (Å²) in [6.45, 7) is 0. The van der Waals surface area contributed by atoms with Gasteiger partial charge < -0.3 is 29.6 Å². The van der Waals surface area contributed by atoms with Crippen LogP contribution in [0, 0.1) is 23.7 Å². The zero-order chi connectivity index (χ0) is 9.71. The van der Waals surface area contributed by atoms with Crippen LogP contribution in [0.3, 0.4) is 0 Å². The van der Waals surface area contributed by atoms with E-state index in [1.807, 2.05) is 0 Å². The van der Waals surface area contributed by atoms with Gasteiger partial charge in [0.15, 0.2) is 0 Å². The SMILES string of the molecule is S=C([S-])O[C@@H]1C[C@H]2C[C@@H]1[C@@H]1CCC[C@H]21.[K+]. The van der Waals surface area contributed by atoms with E-state index < -0.39 is 0 Å². The topological polar surface area (TPSA) is 9.23 Å². The van der Waals surface area contributed by atoms with Crippen LogP contribution >= 0.6 is 12.2 Å². The fourth-order valence-electron chi connectivity index (χ4n) is 4.26. The third-order valence-corrected chi connectivity index (χ3v) is 4.81. The van der Waals surface area contributed by atoms with Crippen LogP contribution in [0.25, 0.3) is 0 Å². The van der Waals surface area contributed by atoms with E-state index >= 15 is 0 Å². The average Bonchev–Trinajstić information content (AvgIpc) is 2.68. The molecule has 3 saturated carbocycles. The second kappa shape index (κ2) is 5.17. The standard InChI is InChI=1S/C11H16OS2.K/c13-11(14)12-10-5-6-4-9(10)8-3-1-2-7(6)8;/h6-10H,1-5H2,(H,13,14);/q;+1/p-1/t6-,7-,8-,9-,10-;/m1./s1. The van der Waals surface area contributed by atoms with E-state index in [2.05, 4.69) is 0 Å². The Balaban J connectivity index is 0.000000853. The molecule has 0 heterocycles. The van der Waals surface area contributed by atoms with Crippen LogP contribution in [0.4, 0.5) is 0 Å². The smallest absolute Gasteiger partial charge is 0.510 e. The Morgan fingerprint density at radius 1 is 1.13 bits per heavy atom. The first kappa shape index (κ1) is 13.2. The molecule has 1 nitrogen and oxygen atoms in total. The molecule has 3 rings (SSSR count). The summed E-state index contributed by atoms with van der Waals surface area (Å²) >= 11 is 9.72. The van der Waals surface area contributed by atoms with E-state index in [0.717, 1.165) is 23.7 Å². The van der Waals surface area contributed by atoms with Crippen molar-refractivity contribution in [2.45, 2.75) is 38.2 Å². The van der Waals surface area contributed by atoms with Crippen molar-refractivity contribution in [3.63, 3.8) is 0 Å². The molecule has 2 bridgehead atoms. The van der Waals surface area contributed by atoms with Crippen LogP contribution in [0.5, 0.6) is 0 Å². The van der Waals surface area contributed by atoms with Gasteiger partial charge in [-0.15, -0.1) is 0 Å². The fraction of sp³-hybridized carbons (Fsp3) is 0.909. The van der Waals surface area contributed by atoms with Gasteiger partial charge in [0.1, 0.15) is 0 Å². The summed E-state index contributed by atoms with van der Waals surface area (Å²) in [5.41, 5.74) is 0. The number of hydrogen-bond acceptors (Lipinski definition) is 3.